The Bertz CT molecular complexity index is 886. The summed E-state index contributed by atoms with van der Waals surface area (Å²) in [7, 11) is 1.65. The lowest BCUT2D eigenvalue weighted by molar-refractivity contribution is -0.385. The summed E-state index contributed by atoms with van der Waals surface area (Å²) in [4.78, 5) is 28.5. The Morgan fingerprint density at radius 3 is 2.45 bits per heavy atom. The topological polar surface area (TPSA) is 99.9 Å². The summed E-state index contributed by atoms with van der Waals surface area (Å²) < 4.78 is 0. The Morgan fingerprint density at radius 1 is 1.14 bits per heavy atom. The number of amides is 1. The zero-order valence-electron chi connectivity index (χ0n) is 16.1. The minimum atomic E-state index is -0.389. The molecule has 1 aliphatic heterocycles. The average Bonchev–Trinajstić information content (AvgIpc) is 3.14. The van der Waals surface area contributed by atoms with Gasteiger partial charge in [0.2, 0.25) is 5.91 Å². The van der Waals surface area contributed by atoms with E-state index in [0.717, 1.165) is 24.2 Å². The molecule has 29 heavy (non-hydrogen) atoms. The number of hydrogen-bond acceptors (Lipinski definition) is 4. The van der Waals surface area contributed by atoms with Gasteiger partial charge in [0.1, 0.15) is 0 Å². The molecule has 2 aromatic carbocycles. The Labute approximate surface area is 186 Å². The number of nitrogens with zero attached hydrogens (tertiary/aromatic N) is 3. The molecule has 0 aliphatic carbocycles. The fourth-order valence-electron chi connectivity index (χ4n) is 3.14. The molecule has 1 amide bonds. The highest BCUT2D eigenvalue weighted by molar-refractivity contribution is 14.0. The van der Waals surface area contributed by atoms with E-state index in [2.05, 4.69) is 15.6 Å². The second-order valence-electron chi connectivity index (χ2n) is 6.48. The van der Waals surface area contributed by atoms with Gasteiger partial charge in [-0.25, -0.2) is 0 Å². The maximum absolute atomic E-state index is 11.8. The predicted molar refractivity (Wildman–Crippen MR) is 124 cm³/mol. The molecule has 1 heterocycles. The maximum Gasteiger partial charge on any atom is 0.274 e. The van der Waals surface area contributed by atoms with Crippen molar-refractivity contribution in [3.63, 3.8) is 0 Å². The molecule has 2 aromatic rings. The molecule has 9 heteroatoms. The number of hydrogen-bond donors (Lipinski definition) is 2. The number of nitrogens with one attached hydrogen (secondary N) is 2. The number of nitro groups is 1. The Morgan fingerprint density at radius 2 is 1.83 bits per heavy atom. The van der Waals surface area contributed by atoms with Crippen molar-refractivity contribution in [3.8, 4) is 0 Å². The smallest absolute Gasteiger partial charge is 0.274 e. The zero-order valence-corrected chi connectivity index (χ0v) is 18.5. The molecule has 0 unspecified atom stereocenters. The predicted octanol–water partition coefficient (Wildman–Crippen LogP) is 3.20. The first kappa shape index (κ1) is 22.6. The minimum absolute atomic E-state index is 0. The summed E-state index contributed by atoms with van der Waals surface area (Å²) >= 11 is 0. The first-order valence-electron chi connectivity index (χ1n) is 9.14. The van der Waals surface area contributed by atoms with Crippen LogP contribution in [0.4, 0.5) is 11.4 Å². The Kier molecular flexibility index (Phi) is 8.37. The lowest BCUT2D eigenvalue weighted by Crippen LogP contribution is -2.36. The van der Waals surface area contributed by atoms with E-state index >= 15 is 0 Å². The zero-order chi connectivity index (χ0) is 19.9. The number of nitro benzene ring substituents is 1. The summed E-state index contributed by atoms with van der Waals surface area (Å²) in [6.45, 7) is 1.62. The van der Waals surface area contributed by atoms with Gasteiger partial charge in [0, 0.05) is 50.4 Å². The average molecular weight is 509 g/mol. The van der Waals surface area contributed by atoms with Crippen LogP contribution >= 0.6 is 24.0 Å². The number of para-hydroxylation sites is 1. The van der Waals surface area contributed by atoms with E-state index < -0.39 is 0 Å². The van der Waals surface area contributed by atoms with Crippen LogP contribution in [0, 0.1) is 10.1 Å². The fraction of sp³-hybridized carbons (Fsp3) is 0.300. The molecule has 0 bridgehead atoms. The molecular weight excluding hydrogens is 485 g/mol. The van der Waals surface area contributed by atoms with Crippen LogP contribution in [0.2, 0.25) is 0 Å². The van der Waals surface area contributed by atoms with Crippen molar-refractivity contribution in [2.75, 3.05) is 18.5 Å². The molecule has 3 rings (SSSR count). The van der Waals surface area contributed by atoms with Crippen LogP contribution in [-0.2, 0) is 17.9 Å². The normalized spacial score (nSPS) is 13.8. The van der Waals surface area contributed by atoms with E-state index in [0.29, 0.717) is 31.0 Å². The standard InChI is InChI=1S/C20H23N5O3.HI/c1-21-20(23-14-16-5-2-3-6-18(16)25(27)28)22-13-15-8-10-17(11-9-15)24-12-4-7-19(24)26;/h2-3,5-6,8-11H,4,7,12-14H2,1H3,(H2,21,22,23);1H. The van der Waals surface area contributed by atoms with E-state index in [4.69, 9.17) is 0 Å². The van der Waals surface area contributed by atoms with Gasteiger partial charge in [-0.05, 0) is 24.1 Å². The van der Waals surface area contributed by atoms with Gasteiger partial charge in [0.05, 0.1) is 4.92 Å². The second-order valence-corrected chi connectivity index (χ2v) is 6.48. The van der Waals surface area contributed by atoms with Crippen molar-refractivity contribution in [1.82, 2.24) is 10.6 Å². The highest BCUT2D eigenvalue weighted by atomic mass is 127. The van der Waals surface area contributed by atoms with E-state index in [1.807, 2.05) is 29.2 Å². The van der Waals surface area contributed by atoms with Gasteiger partial charge in [-0.15, -0.1) is 24.0 Å². The molecule has 1 fully saturated rings. The van der Waals surface area contributed by atoms with Crippen LogP contribution < -0.4 is 15.5 Å². The van der Waals surface area contributed by atoms with Crippen LogP contribution in [-0.4, -0.2) is 30.4 Å². The highest BCUT2D eigenvalue weighted by Gasteiger charge is 2.21. The number of carbonyl (C=O) groups excluding carboxylic acids is 1. The van der Waals surface area contributed by atoms with Gasteiger partial charge in [-0.2, -0.15) is 0 Å². The summed E-state index contributed by atoms with van der Waals surface area (Å²) in [6, 6.07) is 14.5. The van der Waals surface area contributed by atoms with Crippen molar-refractivity contribution >= 4 is 47.2 Å². The molecule has 8 nitrogen and oxygen atoms in total. The summed E-state index contributed by atoms with van der Waals surface area (Å²) in [5.41, 5.74) is 2.64. The number of rotatable bonds is 6. The van der Waals surface area contributed by atoms with Gasteiger partial charge in [-0.3, -0.25) is 19.9 Å². The van der Waals surface area contributed by atoms with Gasteiger partial charge in [0.25, 0.3) is 5.69 Å². The first-order valence-corrected chi connectivity index (χ1v) is 9.14. The van der Waals surface area contributed by atoms with E-state index in [1.54, 1.807) is 25.2 Å². The molecule has 2 N–H and O–H groups in total. The second kappa shape index (κ2) is 10.7. The van der Waals surface area contributed by atoms with Crippen molar-refractivity contribution in [2.24, 2.45) is 4.99 Å². The molecule has 0 saturated carbocycles. The van der Waals surface area contributed by atoms with Gasteiger partial charge >= 0.3 is 0 Å². The SMILES string of the molecule is CN=C(NCc1ccc(N2CCCC2=O)cc1)NCc1ccccc1[N+](=O)[O-].I. The monoisotopic (exact) mass is 509 g/mol. The number of benzene rings is 2. The number of anilines is 1. The van der Waals surface area contributed by atoms with E-state index in [-0.39, 0.29) is 40.5 Å². The quantitative estimate of drug-likeness (QED) is 0.205. The lowest BCUT2D eigenvalue weighted by atomic mass is 10.2. The third-order valence-corrected chi connectivity index (χ3v) is 4.64. The molecule has 0 radical (unpaired) electrons. The van der Waals surface area contributed by atoms with Gasteiger partial charge < -0.3 is 15.5 Å². The van der Waals surface area contributed by atoms with E-state index in [9.17, 15) is 14.9 Å². The van der Waals surface area contributed by atoms with Crippen LogP contribution in [0.5, 0.6) is 0 Å². The minimum Gasteiger partial charge on any atom is -0.352 e. The van der Waals surface area contributed by atoms with E-state index in [1.165, 1.54) is 6.07 Å². The summed E-state index contributed by atoms with van der Waals surface area (Å²) in [6.07, 6.45) is 1.52. The van der Waals surface area contributed by atoms with Crippen LogP contribution in [0.3, 0.4) is 0 Å². The molecule has 0 aromatic heterocycles. The molecular formula is C20H24IN5O3. The number of carbonyl (C=O) groups is 1. The van der Waals surface area contributed by atoms with Gasteiger partial charge in [-0.1, -0.05) is 30.3 Å². The molecule has 0 atom stereocenters. The third kappa shape index (κ3) is 5.89. The molecule has 1 aliphatic rings. The number of aliphatic imine (C=N–C) groups is 1. The Hall–Kier alpha value is -2.69. The van der Waals surface area contributed by atoms with Crippen molar-refractivity contribution in [2.45, 2.75) is 25.9 Å². The van der Waals surface area contributed by atoms with Crippen molar-refractivity contribution in [1.29, 1.82) is 0 Å². The van der Waals surface area contributed by atoms with Gasteiger partial charge in [0.15, 0.2) is 5.96 Å². The van der Waals surface area contributed by atoms with Crippen LogP contribution in [0.1, 0.15) is 24.0 Å². The molecule has 1 saturated heterocycles. The molecule has 154 valence electrons. The van der Waals surface area contributed by atoms with Crippen LogP contribution in [0.15, 0.2) is 53.5 Å². The first-order chi connectivity index (χ1) is 13.6. The summed E-state index contributed by atoms with van der Waals surface area (Å²) in [5, 5.41) is 17.4. The van der Waals surface area contributed by atoms with Crippen molar-refractivity contribution < 1.29 is 9.72 Å². The fourth-order valence-corrected chi connectivity index (χ4v) is 3.14. The third-order valence-electron chi connectivity index (χ3n) is 4.64. The largest absolute Gasteiger partial charge is 0.352 e. The number of guanidine groups is 1. The highest BCUT2D eigenvalue weighted by Crippen LogP contribution is 2.21. The molecule has 0 spiro atoms. The van der Waals surface area contributed by atoms with Crippen molar-refractivity contribution in [3.05, 3.63) is 69.8 Å². The Balaban J connectivity index is 0.00000300. The number of halogens is 1. The maximum atomic E-state index is 11.8. The summed E-state index contributed by atoms with van der Waals surface area (Å²) in [5.74, 6) is 0.724. The lowest BCUT2D eigenvalue weighted by Gasteiger charge is -2.16. The van der Waals surface area contributed by atoms with Crippen LogP contribution in [0.25, 0.3) is 0 Å².